The summed E-state index contributed by atoms with van der Waals surface area (Å²) in [4.78, 5) is 10.3. The molecule has 2 aromatic rings. The highest BCUT2D eigenvalue weighted by atomic mass is 35.5. The van der Waals surface area contributed by atoms with Gasteiger partial charge in [0.05, 0.1) is 13.1 Å². The first-order valence-corrected chi connectivity index (χ1v) is 7.33. The zero-order valence-electron chi connectivity index (χ0n) is 10.7. The smallest absolute Gasteiger partial charge is 0.287 e. The Kier molecular flexibility index (Phi) is 4.82. The molecule has 110 valence electrons. The van der Waals surface area contributed by atoms with Crippen LogP contribution in [0.15, 0.2) is 11.4 Å². The third-order valence-electron chi connectivity index (χ3n) is 2.63. The number of hydrogen-bond donors (Lipinski definition) is 0. The number of nitrogens with zero attached hydrogens (tertiary/aromatic N) is 3. The number of rotatable bonds is 5. The Balaban J connectivity index is 2.19. The van der Waals surface area contributed by atoms with E-state index in [0.717, 1.165) is 5.39 Å². The molecule has 0 saturated heterocycles. The molecule has 0 radical (unpaired) electrons. The SMILES string of the molecule is CCCN(Cc1nc(Cl)c2ccsc2n1)CC(F)(F)F. The molecule has 0 fully saturated rings. The van der Waals surface area contributed by atoms with E-state index in [1.54, 1.807) is 6.07 Å². The van der Waals surface area contributed by atoms with Gasteiger partial charge in [-0.2, -0.15) is 13.2 Å². The first kappa shape index (κ1) is 15.5. The molecule has 0 saturated carbocycles. The second-order valence-corrected chi connectivity index (χ2v) is 5.65. The molecule has 2 aromatic heterocycles. The van der Waals surface area contributed by atoms with Crippen LogP contribution in [-0.2, 0) is 6.54 Å². The summed E-state index contributed by atoms with van der Waals surface area (Å²) in [7, 11) is 0. The van der Waals surface area contributed by atoms with Crippen molar-refractivity contribution >= 4 is 33.2 Å². The number of hydrogen-bond acceptors (Lipinski definition) is 4. The zero-order chi connectivity index (χ0) is 14.8. The zero-order valence-corrected chi connectivity index (χ0v) is 12.3. The van der Waals surface area contributed by atoms with Gasteiger partial charge >= 0.3 is 6.18 Å². The monoisotopic (exact) mass is 323 g/mol. The summed E-state index contributed by atoms with van der Waals surface area (Å²) in [6.45, 7) is 1.24. The maximum atomic E-state index is 12.5. The highest BCUT2D eigenvalue weighted by Gasteiger charge is 2.30. The molecule has 3 nitrogen and oxygen atoms in total. The maximum absolute atomic E-state index is 12.5. The standard InChI is InChI=1S/C12H13ClF3N3S/c1-2-4-19(7-12(14,15)16)6-9-17-10(13)8-3-5-20-11(8)18-9/h3,5H,2,4,6-7H2,1H3. The van der Waals surface area contributed by atoms with E-state index in [1.807, 2.05) is 12.3 Å². The second-order valence-electron chi connectivity index (χ2n) is 4.40. The van der Waals surface area contributed by atoms with E-state index in [1.165, 1.54) is 16.2 Å². The minimum absolute atomic E-state index is 0.0426. The van der Waals surface area contributed by atoms with Gasteiger partial charge in [0, 0.05) is 5.39 Å². The minimum atomic E-state index is -4.23. The molecule has 0 aliphatic heterocycles. The van der Waals surface area contributed by atoms with Gasteiger partial charge in [0.25, 0.3) is 0 Å². The van der Waals surface area contributed by atoms with Gasteiger partial charge in [-0.05, 0) is 24.4 Å². The quantitative estimate of drug-likeness (QED) is 0.775. The van der Waals surface area contributed by atoms with Crippen LogP contribution in [0.5, 0.6) is 0 Å². The topological polar surface area (TPSA) is 29.0 Å². The fourth-order valence-corrected chi connectivity index (χ4v) is 3.00. The molecule has 0 N–H and O–H groups in total. The van der Waals surface area contributed by atoms with Gasteiger partial charge in [0.1, 0.15) is 15.8 Å². The van der Waals surface area contributed by atoms with Crippen LogP contribution in [0, 0.1) is 0 Å². The summed E-state index contributed by atoms with van der Waals surface area (Å²) in [5, 5.41) is 2.85. The fraction of sp³-hybridized carbons (Fsp3) is 0.500. The van der Waals surface area contributed by atoms with E-state index in [9.17, 15) is 13.2 Å². The minimum Gasteiger partial charge on any atom is -0.287 e. The Bertz CT molecular complexity index is 585. The number of thiophene rings is 1. The average Bonchev–Trinajstić information content (AvgIpc) is 2.75. The van der Waals surface area contributed by atoms with Gasteiger partial charge in [-0.3, -0.25) is 4.90 Å². The lowest BCUT2D eigenvalue weighted by Gasteiger charge is -2.22. The molecule has 0 aromatic carbocycles. The summed E-state index contributed by atoms with van der Waals surface area (Å²) in [6, 6.07) is 1.80. The second kappa shape index (κ2) is 6.24. The highest BCUT2D eigenvalue weighted by Crippen LogP contribution is 2.25. The summed E-state index contributed by atoms with van der Waals surface area (Å²) >= 11 is 7.40. The van der Waals surface area contributed by atoms with Crippen LogP contribution in [0.25, 0.3) is 10.2 Å². The van der Waals surface area contributed by atoms with Crippen LogP contribution in [0.3, 0.4) is 0 Å². The Morgan fingerprint density at radius 2 is 2.10 bits per heavy atom. The van der Waals surface area contributed by atoms with Crippen molar-refractivity contribution in [2.75, 3.05) is 13.1 Å². The first-order valence-electron chi connectivity index (χ1n) is 6.08. The van der Waals surface area contributed by atoms with Crippen molar-refractivity contribution in [1.29, 1.82) is 0 Å². The molecule has 0 unspecified atom stereocenters. The summed E-state index contributed by atoms with van der Waals surface area (Å²) in [5.41, 5.74) is 0. The van der Waals surface area contributed by atoms with E-state index in [2.05, 4.69) is 9.97 Å². The molecule has 0 amide bonds. The highest BCUT2D eigenvalue weighted by molar-refractivity contribution is 7.16. The Labute approximate surface area is 123 Å². The van der Waals surface area contributed by atoms with Gasteiger partial charge in [-0.25, -0.2) is 9.97 Å². The Morgan fingerprint density at radius 1 is 1.35 bits per heavy atom. The molecule has 20 heavy (non-hydrogen) atoms. The molecule has 0 bridgehead atoms. The lowest BCUT2D eigenvalue weighted by molar-refractivity contribution is -0.147. The van der Waals surface area contributed by atoms with Crippen molar-refractivity contribution in [3.05, 3.63) is 22.4 Å². The van der Waals surface area contributed by atoms with Crippen LogP contribution in [0.1, 0.15) is 19.2 Å². The van der Waals surface area contributed by atoms with E-state index < -0.39 is 12.7 Å². The molecule has 8 heteroatoms. The normalized spacial score (nSPS) is 12.5. The van der Waals surface area contributed by atoms with Crippen molar-refractivity contribution in [3.63, 3.8) is 0 Å². The molecule has 0 atom stereocenters. The Hall–Kier alpha value is -0.920. The number of halogens is 4. The third-order valence-corrected chi connectivity index (χ3v) is 3.73. The van der Waals surface area contributed by atoms with Gasteiger partial charge in [-0.15, -0.1) is 11.3 Å². The van der Waals surface area contributed by atoms with E-state index in [0.29, 0.717) is 23.6 Å². The van der Waals surface area contributed by atoms with Crippen molar-refractivity contribution < 1.29 is 13.2 Å². The molecular weight excluding hydrogens is 311 g/mol. The van der Waals surface area contributed by atoms with Crippen LogP contribution >= 0.6 is 22.9 Å². The van der Waals surface area contributed by atoms with Crippen LogP contribution < -0.4 is 0 Å². The lowest BCUT2D eigenvalue weighted by Crippen LogP contribution is -2.34. The van der Waals surface area contributed by atoms with Crippen molar-refractivity contribution in [2.24, 2.45) is 0 Å². The van der Waals surface area contributed by atoms with Crippen molar-refractivity contribution in [3.8, 4) is 0 Å². The molecule has 0 aliphatic rings. The molecule has 0 spiro atoms. The molecular formula is C12H13ClF3N3S. The summed E-state index contributed by atoms with van der Waals surface area (Å²) < 4.78 is 37.5. The van der Waals surface area contributed by atoms with Gasteiger partial charge in [0.2, 0.25) is 0 Å². The van der Waals surface area contributed by atoms with Gasteiger partial charge in [-0.1, -0.05) is 18.5 Å². The summed E-state index contributed by atoms with van der Waals surface area (Å²) in [6.07, 6.45) is -3.60. The van der Waals surface area contributed by atoms with Crippen LogP contribution in [-0.4, -0.2) is 34.1 Å². The van der Waals surface area contributed by atoms with E-state index >= 15 is 0 Å². The molecule has 2 rings (SSSR count). The Morgan fingerprint density at radius 3 is 2.75 bits per heavy atom. The van der Waals surface area contributed by atoms with Gasteiger partial charge in [0.15, 0.2) is 0 Å². The predicted molar refractivity (Wildman–Crippen MR) is 74.0 cm³/mol. The van der Waals surface area contributed by atoms with E-state index in [4.69, 9.17) is 11.6 Å². The van der Waals surface area contributed by atoms with Crippen LogP contribution in [0.2, 0.25) is 5.15 Å². The van der Waals surface area contributed by atoms with Crippen molar-refractivity contribution in [2.45, 2.75) is 26.1 Å². The number of aromatic nitrogens is 2. The van der Waals surface area contributed by atoms with E-state index in [-0.39, 0.29) is 11.7 Å². The van der Waals surface area contributed by atoms with Crippen LogP contribution in [0.4, 0.5) is 13.2 Å². The average molecular weight is 324 g/mol. The number of alkyl halides is 3. The summed E-state index contributed by atoms with van der Waals surface area (Å²) in [5.74, 6) is 0.322. The number of fused-ring (bicyclic) bond motifs is 1. The largest absolute Gasteiger partial charge is 0.401 e. The lowest BCUT2D eigenvalue weighted by atomic mass is 10.3. The maximum Gasteiger partial charge on any atom is 0.401 e. The fourth-order valence-electron chi connectivity index (χ4n) is 1.92. The van der Waals surface area contributed by atoms with Gasteiger partial charge < -0.3 is 0 Å². The first-order chi connectivity index (χ1) is 9.39. The molecule has 0 aliphatic carbocycles. The molecule has 2 heterocycles. The third kappa shape index (κ3) is 4.04. The van der Waals surface area contributed by atoms with Crippen molar-refractivity contribution in [1.82, 2.24) is 14.9 Å². The predicted octanol–water partition coefficient (Wildman–Crippen LogP) is 4.12.